The van der Waals surface area contributed by atoms with Gasteiger partial charge in [0.25, 0.3) is 0 Å². The van der Waals surface area contributed by atoms with Crippen molar-refractivity contribution in [2.24, 2.45) is 0 Å². The fourth-order valence-electron chi connectivity index (χ4n) is 2.68. The maximum absolute atomic E-state index is 5.74. The zero-order valence-electron chi connectivity index (χ0n) is 11.9. The minimum atomic E-state index is 0.429. The van der Waals surface area contributed by atoms with Crippen molar-refractivity contribution >= 4 is 17.4 Å². The van der Waals surface area contributed by atoms with Crippen LogP contribution in [0.2, 0.25) is 5.15 Å². The summed E-state index contributed by atoms with van der Waals surface area (Å²) < 4.78 is 0. The molecule has 0 amide bonds. The molecule has 0 radical (unpaired) electrons. The van der Waals surface area contributed by atoms with Gasteiger partial charge in [0, 0.05) is 25.7 Å². The normalized spacial score (nSPS) is 16.8. The number of nitrogens with zero attached hydrogens (tertiary/aromatic N) is 3. The highest BCUT2D eigenvalue weighted by Gasteiger charge is 2.19. The number of anilines is 1. The maximum Gasteiger partial charge on any atom is 0.151 e. The number of piperidine rings is 1. The summed E-state index contributed by atoms with van der Waals surface area (Å²) in [6.07, 6.45) is 2.24. The fourth-order valence-corrected chi connectivity index (χ4v) is 2.78. The van der Waals surface area contributed by atoms with E-state index in [1.54, 1.807) is 6.07 Å². The average Bonchev–Trinajstić information content (AvgIpc) is 2.53. The summed E-state index contributed by atoms with van der Waals surface area (Å²) in [5.74, 6) is 0.806. The summed E-state index contributed by atoms with van der Waals surface area (Å²) >= 11 is 5.74. The highest BCUT2D eigenvalue weighted by atomic mass is 35.5. The smallest absolute Gasteiger partial charge is 0.151 e. The molecule has 0 unspecified atom stereocenters. The molecule has 1 aromatic carbocycles. The molecule has 2 heterocycles. The van der Waals surface area contributed by atoms with Crippen molar-refractivity contribution < 1.29 is 0 Å². The van der Waals surface area contributed by atoms with Crippen LogP contribution in [0, 0.1) is 0 Å². The van der Waals surface area contributed by atoms with Gasteiger partial charge in [-0.3, -0.25) is 4.90 Å². The zero-order valence-corrected chi connectivity index (χ0v) is 12.6. The van der Waals surface area contributed by atoms with E-state index >= 15 is 0 Å². The first kappa shape index (κ1) is 14.3. The molecule has 0 bridgehead atoms. The first-order valence-corrected chi connectivity index (χ1v) is 7.69. The molecule has 1 fully saturated rings. The lowest BCUT2D eigenvalue weighted by atomic mass is 10.0. The van der Waals surface area contributed by atoms with Crippen LogP contribution in [0.15, 0.2) is 42.5 Å². The predicted octanol–water partition coefficient (Wildman–Crippen LogP) is 3.21. The first-order valence-electron chi connectivity index (χ1n) is 7.31. The van der Waals surface area contributed by atoms with E-state index in [0.29, 0.717) is 11.2 Å². The van der Waals surface area contributed by atoms with Crippen molar-refractivity contribution in [2.75, 3.05) is 18.4 Å². The topological polar surface area (TPSA) is 41.0 Å². The second-order valence-electron chi connectivity index (χ2n) is 5.42. The van der Waals surface area contributed by atoms with Crippen molar-refractivity contribution in [3.05, 3.63) is 53.2 Å². The predicted molar refractivity (Wildman–Crippen MR) is 85.4 cm³/mol. The van der Waals surface area contributed by atoms with Crippen LogP contribution in [0.1, 0.15) is 18.4 Å². The highest BCUT2D eigenvalue weighted by molar-refractivity contribution is 6.29. The van der Waals surface area contributed by atoms with E-state index in [1.165, 1.54) is 5.56 Å². The molecule has 0 aliphatic carbocycles. The lowest BCUT2D eigenvalue weighted by molar-refractivity contribution is 0.211. The number of hydrogen-bond acceptors (Lipinski definition) is 4. The van der Waals surface area contributed by atoms with E-state index in [9.17, 15) is 0 Å². The van der Waals surface area contributed by atoms with Crippen LogP contribution in [-0.2, 0) is 6.54 Å². The molecule has 0 saturated carbocycles. The minimum absolute atomic E-state index is 0.429. The molecule has 1 aromatic heterocycles. The van der Waals surface area contributed by atoms with Gasteiger partial charge in [-0.2, -0.15) is 0 Å². The Labute approximate surface area is 130 Å². The first-order chi connectivity index (χ1) is 10.3. The monoisotopic (exact) mass is 302 g/mol. The number of halogens is 1. The minimum Gasteiger partial charge on any atom is -0.366 e. The van der Waals surface area contributed by atoms with Crippen molar-refractivity contribution in [1.29, 1.82) is 0 Å². The molecule has 4 nitrogen and oxygen atoms in total. The van der Waals surface area contributed by atoms with Crippen molar-refractivity contribution in [2.45, 2.75) is 25.4 Å². The summed E-state index contributed by atoms with van der Waals surface area (Å²) in [6, 6.07) is 14.7. The van der Waals surface area contributed by atoms with Crippen molar-refractivity contribution in [3.8, 4) is 0 Å². The summed E-state index contributed by atoms with van der Waals surface area (Å²) in [7, 11) is 0. The van der Waals surface area contributed by atoms with E-state index in [1.807, 2.05) is 6.07 Å². The average molecular weight is 303 g/mol. The standard InChI is InChI=1S/C16H19ClN4/c17-15-6-7-16(20-19-15)18-14-8-10-21(11-9-14)12-13-4-2-1-3-5-13/h1-7,14H,8-12H2,(H,18,20). The van der Waals surface area contributed by atoms with Crippen LogP contribution in [-0.4, -0.2) is 34.2 Å². The van der Waals surface area contributed by atoms with Crippen LogP contribution in [0.25, 0.3) is 0 Å². The van der Waals surface area contributed by atoms with Gasteiger partial charge in [-0.05, 0) is 30.5 Å². The van der Waals surface area contributed by atoms with Crippen LogP contribution in [0.5, 0.6) is 0 Å². The Morgan fingerprint density at radius 1 is 1.05 bits per heavy atom. The van der Waals surface area contributed by atoms with Gasteiger partial charge in [0.1, 0.15) is 5.82 Å². The lowest BCUT2D eigenvalue weighted by Gasteiger charge is -2.32. The molecule has 0 atom stereocenters. The van der Waals surface area contributed by atoms with Crippen molar-refractivity contribution in [3.63, 3.8) is 0 Å². The van der Waals surface area contributed by atoms with E-state index in [-0.39, 0.29) is 0 Å². The lowest BCUT2D eigenvalue weighted by Crippen LogP contribution is -2.38. The van der Waals surface area contributed by atoms with Gasteiger partial charge in [-0.25, -0.2) is 0 Å². The van der Waals surface area contributed by atoms with Gasteiger partial charge in [0.15, 0.2) is 5.15 Å². The molecule has 1 aliphatic heterocycles. The number of benzene rings is 1. The molecule has 110 valence electrons. The Bertz CT molecular complexity index is 550. The second-order valence-corrected chi connectivity index (χ2v) is 5.81. The Hall–Kier alpha value is -1.65. The molecule has 21 heavy (non-hydrogen) atoms. The number of likely N-dealkylation sites (tertiary alicyclic amines) is 1. The molecule has 1 N–H and O–H groups in total. The summed E-state index contributed by atoms with van der Waals surface area (Å²) in [4.78, 5) is 2.50. The van der Waals surface area contributed by atoms with E-state index in [4.69, 9.17) is 11.6 Å². The molecule has 1 aliphatic rings. The molecule has 3 rings (SSSR count). The van der Waals surface area contributed by atoms with E-state index in [0.717, 1.165) is 38.3 Å². The molecule has 1 saturated heterocycles. The summed E-state index contributed by atoms with van der Waals surface area (Å²) in [6.45, 7) is 3.25. The Morgan fingerprint density at radius 3 is 2.48 bits per heavy atom. The zero-order chi connectivity index (χ0) is 14.5. The number of nitrogens with one attached hydrogen (secondary N) is 1. The van der Waals surface area contributed by atoms with Crippen LogP contribution < -0.4 is 5.32 Å². The van der Waals surface area contributed by atoms with Gasteiger partial charge in [0.05, 0.1) is 0 Å². The Morgan fingerprint density at radius 2 is 1.81 bits per heavy atom. The van der Waals surface area contributed by atoms with Gasteiger partial charge in [-0.1, -0.05) is 41.9 Å². The number of aromatic nitrogens is 2. The van der Waals surface area contributed by atoms with Crippen molar-refractivity contribution in [1.82, 2.24) is 15.1 Å². The van der Waals surface area contributed by atoms with Gasteiger partial charge in [-0.15, -0.1) is 10.2 Å². The Balaban J connectivity index is 1.47. The molecular formula is C16H19ClN4. The van der Waals surface area contributed by atoms with E-state index in [2.05, 4.69) is 50.7 Å². The summed E-state index contributed by atoms with van der Waals surface area (Å²) in [5.41, 5.74) is 1.38. The third kappa shape index (κ3) is 4.16. The molecule has 0 spiro atoms. The number of rotatable bonds is 4. The largest absolute Gasteiger partial charge is 0.366 e. The van der Waals surface area contributed by atoms with Crippen LogP contribution in [0.4, 0.5) is 5.82 Å². The number of hydrogen-bond donors (Lipinski definition) is 1. The van der Waals surface area contributed by atoms with Gasteiger partial charge < -0.3 is 5.32 Å². The SMILES string of the molecule is Clc1ccc(NC2CCN(Cc3ccccc3)CC2)nn1. The Kier molecular flexibility index (Phi) is 4.68. The maximum atomic E-state index is 5.74. The fraction of sp³-hybridized carbons (Fsp3) is 0.375. The van der Waals surface area contributed by atoms with E-state index < -0.39 is 0 Å². The summed E-state index contributed by atoms with van der Waals surface area (Å²) in [5, 5.41) is 11.8. The van der Waals surface area contributed by atoms with Gasteiger partial charge >= 0.3 is 0 Å². The third-order valence-electron chi connectivity index (χ3n) is 3.82. The van der Waals surface area contributed by atoms with Crippen LogP contribution >= 0.6 is 11.6 Å². The third-order valence-corrected chi connectivity index (χ3v) is 4.02. The second kappa shape index (κ2) is 6.87. The highest BCUT2D eigenvalue weighted by Crippen LogP contribution is 2.17. The molecular weight excluding hydrogens is 284 g/mol. The quantitative estimate of drug-likeness (QED) is 0.941. The van der Waals surface area contributed by atoms with Gasteiger partial charge in [0.2, 0.25) is 0 Å². The van der Waals surface area contributed by atoms with Crippen LogP contribution in [0.3, 0.4) is 0 Å². The molecule has 5 heteroatoms. The molecule has 2 aromatic rings.